The van der Waals surface area contributed by atoms with Gasteiger partial charge in [-0.1, -0.05) is 5.16 Å². The number of alkyl halides is 3. The van der Waals surface area contributed by atoms with Crippen LogP contribution in [0.1, 0.15) is 5.69 Å². The fraction of sp³-hybridized carbons (Fsp3) is 0.444. The van der Waals surface area contributed by atoms with E-state index >= 15 is 0 Å². The van der Waals surface area contributed by atoms with Crippen molar-refractivity contribution in [1.29, 1.82) is 0 Å². The molecule has 0 aliphatic heterocycles. The van der Waals surface area contributed by atoms with Gasteiger partial charge in [-0.05, 0) is 0 Å². The van der Waals surface area contributed by atoms with E-state index in [2.05, 4.69) is 15.0 Å². The van der Waals surface area contributed by atoms with Crippen molar-refractivity contribution in [3.63, 3.8) is 0 Å². The standard InChI is InChI=1S/C9H10F3N3O4/c10-9(11,12)5-15(4-7(16)17)8(18)13-3-6-1-2-19-14-6/h1-2H,3-5H2,(H,13,18)(H,16,17). The van der Waals surface area contributed by atoms with Crippen molar-refractivity contribution in [2.24, 2.45) is 0 Å². The van der Waals surface area contributed by atoms with E-state index in [0.717, 1.165) is 0 Å². The molecule has 0 spiro atoms. The van der Waals surface area contributed by atoms with Crippen LogP contribution in [0.2, 0.25) is 0 Å². The Kier molecular flexibility index (Phi) is 4.73. The van der Waals surface area contributed by atoms with Gasteiger partial charge < -0.3 is 19.8 Å². The molecule has 10 heteroatoms. The molecule has 1 aromatic heterocycles. The average Bonchev–Trinajstić information content (AvgIpc) is 2.75. The molecular weight excluding hydrogens is 271 g/mol. The van der Waals surface area contributed by atoms with Crippen LogP contribution < -0.4 is 5.32 Å². The number of hydrogen-bond donors (Lipinski definition) is 2. The third kappa shape index (κ3) is 5.75. The number of nitrogens with zero attached hydrogens (tertiary/aromatic N) is 2. The van der Waals surface area contributed by atoms with Crippen LogP contribution in [0.4, 0.5) is 18.0 Å². The van der Waals surface area contributed by atoms with Crippen molar-refractivity contribution in [3.8, 4) is 0 Å². The molecule has 0 aliphatic carbocycles. The van der Waals surface area contributed by atoms with E-state index in [1.165, 1.54) is 12.3 Å². The fourth-order valence-electron chi connectivity index (χ4n) is 1.19. The monoisotopic (exact) mass is 281 g/mol. The van der Waals surface area contributed by atoms with Gasteiger partial charge >= 0.3 is 18.2 Å². The number of carbonyl (C=O) groups excluding carboxylic acids is 1. The van der Waals surface area contributed by atoms with Gasteiger partial charge in [0.2, 0.25) is 0 Å². The number of carboxylic acids is 1. The topological polar surface area (TPSA) is 95.7 Å². The van der Waals surface area contributed by atoms with Gasteiger partial charge in [-0.3, -0.25) is 4.79 Å². The van der Waals surface area contributed by atoms with E-state index in [4.69, 9.17) is 5.11 Å². The summed E-state index contributed by atoms with van der Waals surface area (Å²) >= 11 is 0. The Bertz CT molecular complexity index is 432. The van der Waals surface area contributed by atoms with Crippen LogP contribution in [-0.4, -0.2) is 46.4 Å². The summed E-state index contributed by atoms with van der Waals surface area (Å²) in [6, 6.07) is 0.258. The van der Waals surface area contributed by atoms with Gasteiger partial charge in [0.1, 0.15) is 25.0 Å². The number of hydrogen-bond acceptors (Lipinski definition) is 4. The summed E-state index contributed by atoms with van der Waals surface area (Å²) < 4.78 is 41.0. The van der Waals surface area contributed by atoms with Gasteiger partial charge in [0.15, 0.2) is 0 Å². The molecule has 19 heavy (non-hydrogen) atoms. The van der Waals surface area contributed by atoms with Gasteiger partial charge in [-0.2, -0.15) is 13.2 Å². The van der Waals surface area contributed by atoms with Crippen LogP contribution in [0.3, 0.4) is 0 Å². The molecule has 0 radical (unpaired) electrons. The second-order valence-electron chi connectivity index (χ2n) is 3.51. The van der Waals surface area contributed by atoms with Crippen molar-refractivity contribution in [2.75, 3.05) is 13.1 Å². The van der Waals surface area contributed by atoms with E-state index in [1.54, 1.807) is 0 Å². The van der Waals surface area contributed by atoms with E-state index < -0.39 is 31.3 Å². The lowest BCUT2D eigenvalue weighted by Crippen LogP contribution is -2.46. The molecule has 0 atom stereocenters. The highest BCUT2D eigenvalue weighted by Gasteiger charge is 2.33. The summed E-state index contributed by atoms with van der Waals surface area (Å²) in [6.07, 6.45) is -3.45. The van der Waals surface area contributed by atoms with E-state index in [-0.39, 0.29) is 11.4 Å². The van der Waals surface area contributed by atoms with Crippen LogP contribution >= 0.6 is 0 Å². The van der Waals surface area contributed by atoms with Crippen molar-refractivity contribution in [3.05, 3.63) is 18.0 Å². The Hall–Kier alpha value is -2.26. The quantitative estimate of drug-likeness (QED) is 0.833. The summed E-state index contributed by atoms with van der Waals surface area (Å²) in [5.74, 6) is -1.54. The molecule has 2 amide bonds. The number of amides is 2. The largest absolute Gasteiger partial charge is 0.480 e. The number of aromatic nitrogens is 1. The molecule has 0 saturated heterocycles. The first kappa shape index (κ1) is 14.8. The highest BCUT2D eigenvalue weighted by molar-refractivity contribution is 5.80. The Morgan fingerprint density at radius 2 is 2.16 bits per heavy atom. The zero-order valence-corrected chi connectivity index (χ0v) is 9.48. The molecule has 0 aromatic carbocycles. The first-order chi connectivity index (χ1) is 8.78. The molecule has 0 unspecified atom stereocenters. The second-order valence-corrected chi connectivity index (χ2v) is 3.51. The van der Waals surface area contributed by atoms with Crippen molar-refractivity contribution >= 4 is 12.0 Å². The summed E-state index contributed by atoms with van der Waals surface area (Å²) in [4.78, 5) is 22.0. The number of urea groups is 1. The van der Waals surface area contributed by atoms with Gasteiger partial charge in [0, 0.05) is 6.07 Å². The molecule has 1 aromatic rings. The van der Waals surface area contributed by atoms with Crippen LogP contribution in [0, 0.1) is 0 Å². The maximum atomic E-state index is 12.2. The minimum Gasteiger partial charge on any atom is -0.480 e. The lowest BCUT2D eigenvalue weighted by atomic mass is 10.4. The molecule has 1 rings (SSSR count). The molecule has 106 valence electrons. The Morgan fingerprint density at radius 3 is 2.63 bits per heavy atom. The van der Waals surface area contributed by atoms with Crippen molar-refractivity contribution in [2.45, 2.75) is 12.7 Å². The lowest BCUT2D eigenvalue weighted by Gasteiger charge is -2.22. The number of carboxylic acid groups (broad SMARTS) is 1. The molecule has 0 saturated carbocycles. The highest BCUT2D eigenvalue weighted by atomic mass is 19.4. The first-order valence-electron chi connectivity index (χ1n) is 4.98. The lowest BCUT2D eigenvalue weighted by molar-refractivity contribution is -0.148. The number of halogens is 3. The second kappa shape index (κ2) is 6.07. The average molecular weight is 281 g/mol. The molecular formula is C9H10F3N3O4. The molecule has 7 nitrogen and oxygen atoms in total. The van der Waals surface area contributed by atoms with E-state index in [0.29, 0.717) is 5.69 Å². The Morgan fingerprint density at radius 1 is 1.47 bits per heavy atom. The summed E-state index contributed by atoms with van der Waals surface area (Å²) in [5, 5.41) is 14.0. The maximum absolute atomic E-state index is 12.2. The number of aliphatic carboxylic acids is 1. The first-order valence-corrected chi connectivity index (χ1v) is 4.98. The molecule has 0 bridgehead atoms. The van der Waals surface area contributed by atoms with Crippen LogP contribution in [0.25, 0.3) is 0 Å². The molecule has 0 fully saturated rings. The molecule has 1 heterocycles. The number of nitrogens with one attached hydrogen (secondary N) is 1. The van der Waals surface area contributed by atoms with Gasteiger partial charge in [-0.15, -0.1) is 0 Å². The third-order valence-corrected chi connectivity index (χ3v) is 1.90. The smallest absolute Gasteiger partial charge is 0.406 e. The molecule has 0 aliphatic rings. The summed E-state index contributed by atoms with van der Waals surface area (Å²) in [6.45, 7) is -2.86. The van der Waals surface area contributed by atoms with E-state index in [1.807, 2.05) is 0 Å². The summed E-state index contributed by atoms with van der Waals surface area (Å²) in [7, 11) is 0. The molecule has 2 N–H and O–H groups in total. The van der Waals surface area contributed by atoms with Crippen LogP contribution in [-0.2, 0) is 11.3 Å². The van der Waals surface area contributed by atoms with Crippen LogP contribution in [0.15, 0.2) is 16.9 Å². The fourth-order valence-corrected chi connectivity index (χ4v) is 1.19. The Labute approximate surface area is 105 Å². The minimum absolute atomic E-state index is 0.141. The van der Waals surface area contributed by atoms with Gasteiger partial charge in [0.25, 0.3) is 0 Å². The minimum atomic E-state index is -4.68. The number of carbonyl (C=O) groups is 2. The zero-order valence-electron chi connectivity index (χ0n) is 9.48. The predicted molar refractivity (Wildman–Crippen MR) is 54.0 cm³/mol. The highest BCUT2D eigenvalue weighted by Crippen LogP contribution is 2.16. The summed E-state index contributed by atoms with van der Waals surface area (Å²) in [5.41, 5.74) is 0.302. The SMILES string of the molecule is O=C(O)CN(CC(F)(F)F)C(=O)NCc1ccon1. The van der Waals surface area contributed by atoms with E-state index in [9.17, 15) is 22.8 Å². The Balaban J connectivity index is 2.57. The predicted octanol–water partition coefficient (Wildman–Crippen LogP) is 0.833. The van der Waals surface area contributed by atoms with Crippen molar-refractivity contribution < 1.29 is 32.4 Å². The normalized spacial score (nSPS) is 11.1. The maximum Gasteiger partial charge on any atom is 0.406 e. The zero-order chi connectivity index (χ0) is 14.5. The third-order valence-electron chi connectivity index (χ3n) is 1.90. The van der Waals surface area contributed by atoms with Crippen molar-refractivity contribution in [1.82, 2.24) is 15.4 Å². The number of rotatable bonds is 5. The van der Waals surface area contributed by atoms with Crippen LogP contribution in [0.5, 0.6) is 0 Å². The van der Waals surface area contributed by atoms with Gasteiger partial charge in [-0.25, -0.2) is 4.79 Å². The van der Waals surface area contributed by atoms with Gasteiger partial charge in [0.05, 0.1) is 6.54 Å².